The minimum Gasteiger partial charge on any atom is -0.497 e. The van der Waals surface area contributed by atoms with Crippen molar-refractivity contribution in [3.63, 3.8) is 0 Å². The summed E-state index contributed by atoms with van der Waals surface area (Å²) in [6.07, 6.45) is 0.495. The Labute approximate surface area is 226 Å². The van der Waals surface area contributed by atoms with E-state index in [0.717, 1.165) is 12.1 Å². The molecule has 0 unspecified atom stereocenters. The van der Waals surface area contributed by atoms with E-state index in [4.69, 9.17) is 14.2 Å². The highest BCUT2D eigenvalue weighted by Gasteiger charge is 2.28. The molecule has 0 spiro atoms. The second-order valence-corrected chi connectivity index (χ2v) is 10.2. The van der Waals surface area contributed by atoms with Crippen molar-refractivity contribution < 1.29 is 32.3 Å². The number of non-ortho nitro benzene ring substituents is 1. The van der Waals surface area contributed by atoms with Crippen LogP contribution in [-0.2, 0) is 14.8 Å². The third-order valence-electron chi connectivity index (χ3n) is 5.80. The van der Waals surface area contributed by atoms with E-state index in [2.05, 4.69) is 15.1 Å². The molecule has 0 aliphatic heterocycles. The molecule has 1 aromatic heterocycles. The molecular weight excluding hydrogens is 530 g/mol. The summed E-state index contributed by atoms with van der Waals surface area (Å²) in [6, 6.07) is 9.58. The molecule has 39 heavy (non-hydrogen) atoms. The first-order chi connectivity index (χ1) is 18.5. The number of hydrogen-bond acceptors (Lipinski definition) is 9. The molecule has 0 aliphatic carbocycles. The standard InChI is InChI=1S/C25H31N5O8S/c1-6-16(2)28-39(34,35)22-15-19(30(32)33)9-12-21(22)38-25-17(3)23(24(31)26-13-14-36-4)27-29(25)18-7-10-20(37-5)11-8-18/h7-12,15-16,28H,6,13-14H2,1-5H3,(H,26,31)/t16-/m0/s1. The van der Waals surface area contributed by atoms with Gasteiger partial charge in [0.15, 0.2) is 5.69 Å². The van der Waals surface area contributed by atoms with Crippen molar-refractivity contribution in [2.75, 3.05) is 27.4 Å². The maximum Gasteiger partial charge on any atom is 0.272 e. The number of hydrogen-bond donors (Lipinski definition) is 2. The lowest BCUT2D eigenvalue weighted by Gasteiger charge is -2.16. The second-order valence-electron chi connectivity index (χ2n) is 8.56. The molecule has 3 rings (SSSR count). The van der Waals surface area contributed by atoms with Crippen molar-refractivity contribution in [3.8, 4) is 23.1 Å². The summed E-state index contributed by atoms with van der Waals surface area (Å²) in [5.74, 6) is -0.0365. The van der Waals surface area contributed by atoms with Gasteiger partial charge in [0.2, 0.25) is 15.9 Å². The van der Waals surface area contributed by atoms with Gasteiger partial charge in [-0.3, -0.25) is 14.9 Å². The average molecular weight is 562 g/mol. The van der Waals surface area contributed by atoms with Gasteiger partial charge in [-0.25, -0.2) is 13.1 Å². The number of methoxy groups -OCH3 is 2. The highest BCUT2D eigenvalue weighted by molar-refractivity contribution is 7.89. The van der Waals surface area contributed by atoms with Crippen LogP contribution in [0.1, 0.15) is 36.3 Å². The number of benzene rings is 2. The number of nitrogens with zero attached hydrogens (tertiary/aromatic N) is 3. The SMILES string of the molecule is CC[C@H](C)NS(=O)(=O)c1cc([N+](=O)[O-])ccc1Oc1c(C)c(C(=O)NCCOC)nn1-c1ccc(OC)cc1. The zero-order valence-corrected chi connectivity index (χ0v) is 23.1. The largest absolute Gasteiger partial charge is 0.497 e. The molecule has 0 aliphatic rings. The summed E-state index contributed by atoms with van der Waals surface area (Å²) in [5, 5.41) is 18.6. The van der Waals surface area contributed by atoms with Crippen molar-refractivity contribution in [2.45, 2.75) is 38.1 Å². The van der Waals surface area contributed by atoms with Gasteiger partial charge in [-0.2, -0.15) is 9.78 Å². The summed E-state index contributed by atoms with van der Waals surface area (Å²) in [7, 11) is -1.19. The molecule has 14 heteroatoms. The number of rotatable bonds is 13. The number of carbonyl (C=O) groups excluding carboxylic acids is 1. The molecule has 0 radical (unpaired) electrons. The molecule has 0 saturated heterocycles. The van der Waals surface area contributed by atoms with Crippen LogP contribution in [0.15, 0.2) is 47.4 Å². The van der Waals surface area contributed by atoms with Gasteiger partial charge >= 0.3 is 0 Å². The molecule has 210 valence electrons. The van der Waals surface area contributed by atoms with Crippen molar-refractivity contribution in [1.29, 1.82) is 0 Å². The first-order valence-electron chi connectivity index (χ1n) is 12.0. The van der Waals surface area contributed by atoms with Crippen LogP contribution in [0.3, 0.4) is 0 Å². The molecule has 2 aromatic carbocycles. The third kappa shape index (κ3) is 6.90. The monoisotopic (exact) mass is 561 g/mol. The quantitative estimate of drug-likeness (QED) is 0.181. The fourth-order valence-corrected chi connectivity index (χ4v) is 4.96. The van der Waals surface area contributed by atoms with Crippen molar-refractivity contribution in [2.24, 2.45) is 0 Å². The van der Waals surface area contributed by atoms with Crippen molar-refractivity contribution in [3.05, 3.63) is 63.8 Å². The Balaban J connectivity index is 2.16. The van der Waals surface area contributed by atoms with Crippen LogP contribution in [0, 0.1) is 17.0 Å². The first kappa shape index (κ1) is 29.5. The van der Waals surface area contributed by atoms with Gasteiger partial charge in [-0.1, -0.05) is 6.92 Å². The second kappa shape index (κ2) is 12.7. The molecule has 1 atom stereocenters. The summed E-state index contributed by atoms with van der Waals surface area (Å²) in [5.41, 5.74) is 0.428. The van der Waals surface area contributed by atoms with Crippen LogP contribution in [0.5, 0.6) is 17.4 Å². The van der Waals surface area contributed by atoms with E-state index in [1.165, 1.54) is 25.0 Å². The van der Waals surface area contributed by atoms with Crippen molar-refractivity contribution in [1.82, 2.24) is 19.8 Å². The maximum atomic E-state index is 13.2. The lowest BCUT2D eigenvalue weighted by Crippen LogP contribution is -2.32. The Kier molecular flexibility index (Phi) is 9.61. The Morgan fingerprint density at radius 3 is 2.46 bits per heavy atom. The topological polar surface area (TPSA) is 164 Å². The number of nitro benzene ring substituents is 1. The summed E-state index contributed by atoms with van der Waals surface area (Å²) < 4.78 is 46.6. The number of nitrogens with one attached hydrogen (secondary N) is 2. The van der Waals surface area contributed by atoms with Gasteiger partial charge < -0.3 is 19.5 Å². The molecule has 1 amide bonds. The van der Waals surface area contributed by atoms with Gasteiger partial charge in [0.05, 0.1) is 24.3 Å². The highest BCUT2D eigenvalue weighted by Crippen LogP contribution is 2.36. The number of sulfonamides is 1. The van der Waals surface area contributed by atoms with Crippen LogP contribution in [0.4, 0.5) is 5.69 Å². The van der Waals surface area contributed by atoms with E-state index in [0.29, 0.717) is 30.0 Å². The number of amides is 1. The fourth-order valence-electron chi connectivity index (χ4n) is 3.49. The van der Waals surface area contributed by atoms with E-state index in [1.54, 1.807) is 45.0 Å². The van der Waals surface area contributed by atoms with Gasteiger partial charge in [0.25, 0.3) is 11.6 Å². The van der Waals surface area contributed by atoms with Crippen LogP contribution < -0.4 is 19.5 Å². The van der Waals surface area contributed by atoms with Crippen LogP contribution >= 0.6 is 0 Å². The Morgan fingerprint density at radius 2 is 1.87 bits per heavy atom. The predicted octanol–water partition coefficient (Wildman–Crippen LogP) is 3.34. The lowest BCUT2D eigenvalue weighted by molar-refractivity contribution is -0.385. The van der Waals surface area contributed by atoms with Crippen LogP contribution in [0.2, 0.25) is 0 Å². The number of aromatic nitrogens is 2. The van der Waals surface area contributed by atoms with E-state index in [9.17, 15) is 23.3 Å². The van der Waals surface area contributed by atoms with E-state index in [1.807, 2.05) is 0 Å². The zero-order chi connectivity index (χ0) is 28.7. The number of nitro groups is 1. The number of carbonyl (C=O) groups is 1. The molecule has 0 fully saturated rings. The minimum atomic E-state index is -4.22. The first-order valence-corrected chi connectivity index (χ1v) is 13.5. The van der Waals surface area contributed by atoms with Crippen molar-refractivity contribution >= 4 is 21.6 Å². The van der Waals surface area contributed by atoms with E-state index >= 15 is 0 Å². The van der Waals surface area contributed by atoms with Gasteiger partial charge in [0, 0.05) is 37.4 Å². The zero-order valence-electron chi connectivity index (χ0n) is 22.3. The maximum absolute atomic E-state index is 13.2. The van der Waals surface area contributed by atoms with Gasteiger partial charge in [-0.05, 0) is 50.6 Å². The molecule has 13 nitrogen and oxygen atoms in total. The van der Waals surface area contributed by atoms with E-state index < -0.39 is 37.5 Å². The Morgan fingerprint density at radius 1 is 1.18 bits per heavy atom. The molecule has 3 aromatic rings. The van der Waals surface area contributed by atoms with Gasteiger partial charge in [0.1, 0.15) is 16.4 Å². The lowest BCUT2D eigenvalue weighted by atomic mass is 10.2. The third-order valence-corrected chi connectivity index (χ3v) is 7.41. The Hall–Kier alpha value is -4.01. The summed E-state index contributed by atoms with van der Waals surface area (Å²) in [4.78, 5) is 23.2. The predicted molar refractivity (Wildman–Crippen MR) is 142 cm³/mol. The summed E-state index contributed by atoms with van der Waals surface area (Å²) >= 11 is 0. The highest BCUT2D eigenvalue weighted by atomic mass is 32.2. The molecule has 1 heterocycles. The smallest absolute Gasteiger partial charge is 0.272 e. The molecule has 0 saturated carbocycles. The van der Waals surface area contributed by atoms with Crippen LogP contribution in [0.25, 0.3) is 5.69 Å². The molecule has 2 N–H and O–H groups in total. The average Bonchev–Trinajstić information content (AvgIpc) is 3.24. The normalized spacial score (nSPS) is 12.1. The Bertz CT molecular complexity index is 1440. The minimum absolute atomic E-state index is 0.0426. The summed E-state index contributed by atoms with van der Waals surface area (Å²) in [6.45, 7) is 5.61. The molecule has 0 bridgehead atoms. The van der Waals surface area contributed by atoms with Gasteiger partial charge in [-0.15, -0.1) is 0 Å². The fraction of sp³-hybridized carbons (Fsp3) is 0.360. The van der Waals surface area contributed by atoms with Crippen LogP contribution in [-0.4, -0.2) is 62.4 Å². The van der Waals surface area contributed by atoms with E-state index in [-0.39, 0.29) is 23.9 Å². The molecular formula is C25H31N5O8S. The number of ether oxygens (including phenoxy) is 3.